The van der Waals surface area contributed by atoms with Gasteiger partial charge in [0.2, 0.25) is 6.23 Å². The number of nitrogens with zero attached hydrogens (tertiary/aromatic N) is 2. The SMILES string of the molecule is CCOc1ccc(C2=NN3[C@@H](c4cccc(OC)c4OC)Oc4ccccc4[C@@H]3C2)cc1. The second-order valence-corrected chi connectivity index (χ2v) is 7.69. The van der Waals surface area contributed by atoms with Crippen molar-refractivity contribution in [3.05, 3.63) is 83.4 Å². The Balaban J connectivity index is 1.57. The second kappa shape index (κ2) is 8.46. The summed E-state index contributed by atoms with van der Waals surface area (Å²) in [5.74, 6) is 3.05. The van der Waals surface area contributed by atoms with Gasteiger partial charge in [-0.2, -0.15) is 5.10 Å². The lowest BCUT2D eigenvalue weighted by Gasteiger charge is -2.38. The number of fused-ring (bicyclic) bond motifs is 3. The average molecular weight is 431 g/mol. The van der Waals surface area contributed by atoms with Gasteiger partial charge in [-0.3, -0.25) is 0 Å². The summed E-state index contributed by atoms with van der Waals surface area (Å²) >= 11 is 0. The quantitative estimate of drug-likeness (QED) is 0.528. The number of para-hydroxylation sites is 2. The van der Waals surface area contributed by atoms with Crippen LogP contribution in [0.3, 0.4) is 0 Å². The number of hydrazone groups is 1. The zero-order valence-corrected chi connectivity index (χ0v) is 18.4. The van der Waals surface area contributed by atoms with Crippen LogP contribution in [0, 0.1) is 0 Å². The van der Waals surface area contributed by atoms with Gasteiger partial charge in [0.25, 0.3) is 0 Å². The Labute approximate surface area is 188 Å². The molecule has 6 heteroatoms. The highest BCUT2D eigenvalue weighted by Gasteiger charge is 2.42. The van der Waals surface area contributed by atoms with Crippen LogP contribution in [0.5, 0.6) is 23.0 Å². The standard InChI is InChI=1S/C26H26N2O4/c1-4-31-18-14-12-17(13-15-18)21-16-22-19-8-5-6-10-23(19)32-26(28(22)27-21)20-9-7-11-24(29-2)25(20)30-3/h5-15,22,26H,4,16H2,1-3H3/t22-,26+/m0/s1. The van der Waals surface area contributed by atoms with Crippen LogP contribution < -0.4 is 18.9 Å². The van der Waals surface area contributed by atoms with Gasteiger partial charge < -0.3 is 18.9 Å². The zero-order chi connectivity index (χ0) is 22.1. The summed E-state index contributed by atoms with van der Waals surface area (Å²) in [6.07, 6.45) is 0.358. The molecule has 0 amide bonds. The Kier molecular flexibility index (Phi) is 5.35. The van der Waals surface area contributed by atoms with Gasteiger partial charge in [-0.15, -0.1) is 0 Å². The summed E-state index contributed by atoms with van der Waals surface area (Å²) in [7, 11) is 3.29. The molecule has 0 N–H and O–H groups in total. The number of hydrogen-bond donors (Lipinski definition) is 0. The number of benzene rings is 3. The molecule has 2 aliphatic heterocycles. The molecule has 32 heavy (non-hydrogen) atoms. The van der Waals surface area contributed by atoms with Crippen molar-refractivity contribution in [2.75, 3.05) is 20.8 Å². The van der Waals surface area contributed by atoms with Gasteiger partial charge >= 0.3 is 0 Å². The normalized spacial score (nSPS) is 18.8. The van der Waals surface area contributed by atoms with E-state index in [0.717, 1.165) is 40.3 Å². The molecule has 2 heterocycles. The zero-order valence-electron chi connectivity index (χ0n) is 18.4. The highest BCUT2D eigenvalue weighted by molar-refractivity contribution is 6.02. The van der Waals surface area contributed by atoms with E-state index in [-0.39, 0.29) is 6.04 Å². The van der Waals surface area contributed by atoms with Crippen molar-refractivity contribution in [2.24, 2.45) is 5.10 Å². The summed E-state index contributed by atoms with van der Waals surface area (Å²) in [5.41, 5.74) is 4.11. The first-order valence-electron chi connectivity index (χ1n) is 10.8. The Hall–Kier alpha value is -3.67. The van der Waals surface area contributed by atoms with Crippen molar-refractivity contribution in [1.82, 2.24) is 5.01 Å². The van der Waals surface area contributed by atoms with E-state index >= 15 is 0 Å². The molecule has 0 fully saturated rings. The lowest BCUT2D eigenvalue weighted by molar-refractivity contribution is -0.0205. The smallest absolute Gasteiger partial charge is 0.217 e. The summed E-state index contributed by atoms with van der Waals surface area (Å²) in [5, 5.41) is 7.08. The maximum atomic E-state index is 6.47. The van der Waals surface area contributed by atoms with Crippen LogP contribution in [0.4, 0.5) is 0 Å². The van der Waals surface area contributed by atoms with Crippen LogP contribution in [0.2, 0.25) is 0 Å². The number of methoxy groups -OCH3 is 2. The van der Waals surface area contributed by atoms with E-state index in [1.807, 2.05) is 60.5 Å². The molecule has 5 rings (SSSR count). The van der Waals surface area contributed by atoms with Crippen LogP contribution >= 0.6 is 0 Å². The molecule has 3 aromatic carbocycles. The molecule has 0 saturated carbocycles. The Morgan fingerprint density at radius 2 is 1.72 bits per heavy atom. The largest absolute Gasteiger partial charge is 0.494 e. The molecule has 3 aromatic rings. The van der Waals surface area contributed by atoms with Crippen LogP contribution in [0.15, 0.2) is 71.8 Å². The van der Waals surface area contributed by atoms with Crippen LogP contribution in [-0.4, -0.2) is 31.5 Å². The summed E-state index contributed by atoms with van der Waals surface area (Å²) < 4.78 is 23.3. The van der Waals surface area contributed by atoms with Crippen LogP contribution in [0.25, 0.3) is 0 Å². The van der Waals surface area contributed by atoms with Crippen molar-refractivity contribution < 1.29 is 18.9 Å². The van der Waals surface area contributed by atoms with Gasteiger partial charge in [0.15, 0.2) is 11.5 Å². The first-order chi connectivity index (χ1) is 15.7. The maximum Gasteiger partial charge on any atom is 0.217 e. The van der Waals surface area contributed by atoms with E-state index < -0.39 is 6.23 Å². The molecular formula is C26H26N2O4. The van der Waals surface area contributed by atoms with Gasteiger partial charge in [0.1, 0.15) is 11.5 Å². The Morgan fingerprint density at radius 3 is 2.47 bits per heavy atom. The fourth-order valence-corrected chi connectivity index (χ4v) is 4.43. The molecule has 0 bridgehead atoms. The predicted octanol–water partition coefficient (Wildman–Crippen LogP) is 5.34. The number of ether oxygens (including phenoxy) is 4. The van der Waals surface area contributed by atoms with Gasteiger partial charge in [-0.25, -0.2) is 5.01 Å². The van der Waals surface area contributed by atoms with Crippen LogP contribution in [0.1, 0.15) is 42.3 Å². The third-order valence-electron chi connectivity index (χ3n) is 5.90. The van der Waals surface area contributed by atoms with E-state index in [1.54, 1.807) is 14.2 Å². The average Bonchev–Trinajstić information content (AvgIpc) is 3.29. The van der Waals surface area contributed by atoms with Crippen molar-refractivity contribution in [1.29, 1.82) is 0 Å². The summed E-state index contributed by atoms with van der Waals surface area (Å²) in [4.78, 5) is 0. The first kappa shape index (κ1) is 20.2. The topological polar surface area (TPSA) is 52.5 Å². The van der Waals surface area contributed by atoms with Crippen molar-refractivity contribution in [3.63, 3.8) is 0 Å². The van der Waals surface area contributed by atoms with E-state index in [9.17, 15) is 0 Å². The molecule has 0 radical (unpaired) electrons. The monoisotopic (exact) mass is 430 g/mol. The predicted molar refractivity (Wildman–Crippen MR) is 123 cm³/mol. The molecular weight excluding hydrogens is 404 g/mol. The maximum absolute atomic E-state index is 6.47. The summed E-state index contributed by atoms with van der Waals surface area (Å²) in [6.45, 7) is 2.63. The van der Waals surface area contributed by atoms with Crippen molar-refractivity contribution in [3.8, 4) is 23.0 Å². The van der Waals surface area contributed by atoms with Gasteiger partial charge in [0.05, 0.1) is 38.1 Å². The lowest BCUT2D eigenvalue weighted by Crippen LogP contribution is -2.34. The van der Waals surface area contributed by atoms with Gasteiger partial charge in [-0.1, -0.05) is 24.3 Å². The highest BCUT2D eigenvalue weighted by atomic mass is 16.5. The Morgan fingerprint density at radius 1 is 0.938 bits per heavy atom. The first-order valence-corrected chi connectivity index (χ1v) is 10.8. The van der Waals surface area contributed by atoms with E-state index in [4.69, 9.17) is 24.0 Å². The minimum Gasteiger partial charge on any atom is -0.494 e. The van der Waals surface area contributed by atoms with Crippen molar-refractivity contribution in [2.45, 2.75) is 25.6 Å². The number of hydrogen-bond acceptors (Lipinski definition) is 6. The lowest BCUT2D eigenvalue weighted by atomic mass is 9.95. The molecule has 6 nitrogen and oxygen atoms in total. The van der Waals surface area contributed by atoms with E-state index in [2.05, 4.69) is 18.2 Å². The van der Waals surface area contributed by atoms with E-state index in [0.29, 0.717) is 18.1 Å². The van der Waals surface area contributed by atoms with Crippen LogP contribution in [-0.2, 0) is 0 Å². The molecule has 164 valence electrons. The molecule has 0 aromatic heterocycles. The second-order valence-electron chi connectivity index (χ2n) is 7.69. The minimum atomic E-state index is -0.430. The molecule has 0 aliphatic carbocycles. The fourth-order valence-electron chi connectivity index (χ4n) is 4.43. The molecule has 2 aliphatic rings. The number of rotatable bonds is 6. The Bertz CT molecular complexity index is 1140. The van der Waals surface area contributed by atoms with Gasteiger partial charge in [0, 0.05) is 12.0 Å². The third kappa shape index (κ3) is 3.42. The molecule has 0 spiro atoms. The molecule has 0 unspecified atom stereocenters. The third-order valence-corrected chi connectivity index (χ3v) is 5.90. The highest BCUT2D eigenvalue weighted by Crippen LogP contribution is 2.49. The summed E-state index contributed by atoms with van der Waals surface area (Å²) in [6, 6.07) is 22.2. The van der Waals surface area contributed by atoms with Gasteiger partial charge in [-0.05, 0) is 55.0 Å². The fraction of sp³-hybridized carbons (Fsp3) is 0.269. The molecule has 2 atom stereocenters. The van der Waals surface area contributed by atoms with Crippen molar-refractivity contribution >= 4 is 5.71 Å². The molecule has 0 saturated heterocycles. The minimum absolute atomic E-state index is 0.0717. The van der Waals surface area contributed by atoms with E-state index in [1.165, 1.54) is 0 Å².